The summed E-state index contributed by atoms with van der Waals surface area (Å²) in [6.07, 6.45) is 3.29. The summed E-state index contributed by atoms with van der Waals surface area (Å²) in [5.41, 5.74) is 2.01. The number of hydrogen-bond donors (Lipinski definition) is 1. The molecule has 1 amide bonds. The fourth-order valence-electron chi connectivity index (χ4n) is 3.62. The van der Waals surface area contributed by atoms with Gasteiger partial charge in [-0.05, 0) is 42.4 Å². The maximum atomic E-state index is 12.5. The number of ether oxygens (including phenoxy) is 3. The SMILES string of the molecule is CCN(CC)C(CNC(=O)/C=C/c1cc(OC)c2c(c1)OCCO2)c1ccccc1. The number of benzene rings is 2. The molecule has 0 aliphatic carbocycles. The Morgan fingerprint density at radius 2 is 1.90 bits per heavy atom. The van der Waals surface area contributed by atoms with Gasteiger partial charge in [0.2, 0.25) is 11.7 Å². The third-order valence-corrected chi connectivity index (χ3v) is 5.18. The van der Waals surface area contributed by atoms with E-state index in [4.69, 9.17) is 14.2 Å². The molecule has 1 N–H and O–H groups in total. The maximum absolute atomic E-state index is 12.5. The summed E-state index contributed by atoms with van der Waals surface area (Å²) < 4.78 is 16.7. The Morgan fingerprint density at radius 3 is 2.60 bits per heavy atom. The zero-order chi connectivity index (χ0) is 21.3. The first kappa shape index (κ1) is 21.7. The van der Waals surface area contributed by atoms with Gasteiger partial charge in [-0.2, -0.15) is 0 Å². The van der Waals surface area contributed by atoms with Gasteiger partial charge >= 0.3 is 0 Å². The Balaban J connectivity index is 1.67. The Labute approximate surface area is 178 Å². The second-order valence-corrected chi connectivity index (χ2v) is 6.97. The molecule has 3 rings (SSSR count). The number of rotatable bonds is 9. The molecule has 0 aromatic heterocycles. The Morgan fingerprint density at radius 1 is 1.17 bits per heavy atom. The number of nitrogens with one attached hydrogen (secondary N) is 1. The van der Waals surface area contributed by atoms with Crippen molar-refractivity contribution in [3.8, 4) is 17.2 Å². The van der Waals surface area contributed by atoms with Crippen LogP contribution in [0.15, 0.2) is 48.5 Å². The molecule has 0 bridgehead atoms. The molecule has 160 valence electrons. The molecule has 1 atom stereocenters. The largest absolute Gasteiger partial charge is 0.493 e. The fraction of sp³-hybridized carbons (Fsp3) is 0.375. The summed E-state index contributed by atoms with van der Waals surface area (Å²) in [4.78, 5) is 14.8. The van der Waals surface area contributed by atoms with Crippen LogP contribution in [0.2, 0.25) is 0 Å². The van der Waals surface area contributed by atoms with Crippen LogP contribution in [0.25, 0.3) is 6.08 Å². The number of methoxy groups -OCH3 is 1. The van der Waals surface area contributed by atoms with Crippen LogP contribution in [0.5, 0.6) is 17.2 Å². The van der Waals surface area contributed by atoms with Crippen molar-refractivity contribution in [1.29, 1.82) is 0 Å². The molecule has 6 heteroatoms. The number of carbonyl (C=O) groups excluding carboxylic acids is 1. The molecule has 1 aliphatic heterocycles. The first-order chi connectivity index (χ1) is 14.7. The molecule has 1 heterocycles. The highest BCUT2D eigenvalue weighted by Crippen LogP contribution is 2.40. The van der Waals surface area contributed by atoms with Gasteiger partial charge in [0.1, 0.15) is 13.2 Å². The minimum absolute atomic E-state index is 0.132. The van der Waals surface area contributed by atoms with E-state index in [-0.39, 0.29) is 11.9 Å². The molecule has 0 radical (unpaired) electrons. The first-order valence-corrected chi connectivity index (χ1v) is 10.4. The number of amides is 1. The highest BCUT2D eigenvalue weighted by atomic mass is 16.6. The van der Waals surface area contributed by atoms with Crippen LogP contribution in [0.1, 0.15) is 31.0 Å². The number of nitrogens with zero attached hydrogens (tertiary/aromatic N) is 1. The molecule has 1 aliphatic rings. The van der Waals surface area contributed by atoms with E-state index >= 15 is 0 Å². The second kappa shape index (κ2) is 10.7. The van der Waals surface area contributed by atoms with Crippen molar-refractivity contribution in [3.63, 3.8) is 0 Å². The van der Waals surface area contributed by atoms with Crippen LogP contribution >= 0.6 is 0 Å². The minimum Gasteiger partial charge on any atom is -0.493 e. The molecular formula is C24H30N2O4. The third kappa shape index (κ3) is 5.33. The highest BCUT2D eigenvalue weighted by Gasteiger charge is 2.19. The van der Waals surface area contributed by atoms with Gasteiger partial charge in [-0.15, -0.1) is 0 Å². The summed E-state index contributed by atoms with van der Waals surface area (Å²) in [6.45, 7) is 7.63. The number of fused-ring (bicyclic) bond motifs is 1. The lowest BCUT2D eigenvalue weighted by atomic mass is 10.1. The van der Waals surface area contributed by atoms with Gasteiger partial charge < -0.3 is 19.5 Å². The molecule has 2 aromatic carbocycles. The van der Waals surface area contributed by atoms with E-state index in [1.807, 2.05) is 30.3 Å². The maximum Gasteiger partial charge on any atom is 0.244 e. The Hall–Kier alpha value is -2.99. The van der Waals surface area contributed by atoms with E-state index in [2.05, 4.69) is 36.2 Å². The monoisotopic (exact) mass is 410 g/mol. The predicted molar refractivity (Wildman–Crippen MR) is 118 cm³/mol. The fourth-order valence-corrected chi connectivity index (χ4v) is 3.62. The van der Waals surface area contributed by atoms with Gasteiger partial charge in [-0.1, -0.05) is 44.2 Å². The van der Waals surface area contributed by atoms with Gasteiger partial charge in [0.25, 0.3) is 0 Å². The van der Waals surface area contributed by atoms with E-state index in [1.165, 1.54) is 11.6 Å². The van der Waals surface area contributed by atoms with Gasteiger partial charge in [0.05, 0.1) is 13.2 Å². The zero-order valence-corrected chi connectivity index (χ0v) is 17.9. The van der Waals surface area contributed by atoms with Crippen molar-refractivity contribution in [2.75, 3.05) is 40.0 Å². The smallest absolute Gasteiger partial charge is 0.244 e. The topological polar surface area (TPSA) is 60.0 Å². The summed E-state index contributed by atoms with van der Waals surface area (Å²) in [5.74, 6) is 1.69. The molecule has 1 unspecified atom stereocenters. The molecule has 0 saturated heterocycles. The lowest BCUT2D eigenvalue weighted by Gasteiger charge is -2.30. The average molecular weight is 411 g/mol. The second-order valence-electron chi connectivity index (χ2n) is 6.97. The third-order valence-electron chi connectivity index (χ3n) is 5.18. The van der Waals surface area contributed by atoms with Crippen molar-refractivity contribution in [1.82, 2.24) is 10.2 Å². The average Bonchev–Trinajstić information content (AvgIpc) is 2.80. The number of likely N-dealkylation sites (N-methyl/N-ethyl adjacent to an activating group) is 1. The summed E-state index contributed by atoms with van der Waals surface area (Å²) in [5, 5.41) is 3.04. The first-order valence-electron chi connectivity index (χ1n) is 10.4. The molecule has 0 spiro atoms. The van der Waals surface area contributed by atoms with Gasteiger partial charge in [0, 0.05) is 12.6 Å². The van der Waals surface area contributed by atoms with Gasteiger partial charge in [0.15, 0.2) is 11.5 Å². The molecule has 0 fully saturated rings. The van der Waals surface area contributed by atoms with Crippen molar-refractivity contribution in [2.45, 2.75) is 19.9 Å². The normalized spacial score (nSPS) is 14.0. The quantitative estimate of drug-likeness (QED) is 0.639. The molecular weight excluding hydrogens is 380 g/mol. The van der Waals surface area contributed by atoms with Crippen LogP contribution in [0, 0.1) is 0 Å². The van der Waals surface area contributed by atoms with E-state index in [1.54, 1.807) is 13.2 Å². The van der Waals surface area contributed by atoms with E-state index in [0.717, 1.165) is 18.7 Å². The Bertz CT molecular complexity index is 846. The molecule has 2 aromatic rings. The highest BCUT2D eigenvalue weighted by molar-refractivity contribution is 5.92. The van der Waals surface area contributed by atoms with Crippen molar-refractivity contribution < 1.29 is 19.0 Å². The van der Waals surface area contributed by atoms with Crippen molar-refractivity contribution >= 4 is 12.0 Å². The molecule has 6 nitrogen and oxygen atoms in total. The van der Waals surface area contributed by atoms with E-state index in [9.17, 15) is 4.79 Å². The van der Waals surface area contributed by atoms with Gasteiger partial charge in [-0.25, -0.2) is 0 Å². The van der Waals surface area contributed by atoms with Crippen LogP contribution in [0.3, 0.4) is 0 Å². The molecule has 0 saturated carbocycles. The number of hydrogen-bond acceptors (Lipinski definition) is 5. The van der Waals surface area contributed by atoms with Crippen molar-refractivity contribution in [2.24, 2.45) is 0 Å². The zero-order valence-electron chi connectivity index (χ0n) is 17.9. The van der Waals surface area contributed by atoms with Crippen LogP contribution in [-0.2, 0) is 4.79 Å². The van der Waals surface area contributed by atoms with Crippen molar-refractivity contribution in [3.05, 3.63) is 59.7 Å². The summed E-state index contributed by atoms with van der Waals surface area (Å²) >= 11 is 0. The van der Waals surface area contributed by atoms with Crippen LogP contribution in [0.4, 0.5) is 0 Å². The Kier molecular flexibility index (Phi) is 7.74. The molecule has 30 heavy (non-hydrogen) atoms. The lowest BCUT2D eigenvalue weighted by Crippen LogP contribution is -2.37. The predicted octanol–water partition coefficient (Wildman–Crippen LogP) is 3.68. The summed E-state index contributed by atoms with van der Waals surface area (Å²) in [6, 6.07) is 14.1. The van der Waals surface area contributed by atoms with E-state index in [0.29, 0.717) is 37.0 Å². The van der Waals surface area contributed by atoms with Gasteiger partial charge in [-0.3, -0.25) is 9.69 Å². The van der Waals surface area contributed by atoms with E-state index < -0.39 is 0 Å². The van der Waals surface area contributed by atoms with Crippen LogP contribution in [-0.4, -0.2) is 50.8 Å². The van der Waals surface area contributed by atoms with Crippen LogP contribution < -0.4 is 19.5 Å². The lowest BCUT2D eigenvalue weighted by molar-refractivity contribution is -0.116. The standard InChI is InChI=1S/C24H30N2O4/c1-4-26(5-2)20(19-9-7-6-8-10-19)17-25-23(27)12-11-18-15-21(28-3)24-22(16-18)29-13-14-30-24/h6-12,15-16,20H,4-5,13-14,17H2,1-3H3,(H,25,27)/b12-11+. The minimum atomic E-state index is -0.142. The number of carbonyl (C=O) groups is 1. The summed E-state index contributed by atoms with van der Waals surface area (Å²) in [7, 11) is 1.59.